The quantitative estimate of drug-likeness (QED) is 0.875. The van der Waals surface area contributed by atoms with E-state index in [9.17, 15) is 13.2 Å². The molecule has 124 valence electrons. The van der Waals surface area contributed by atoms with Crippen LogP contribution < -0.4 is 0 Å². The van der Waals surface area contributed by atoms with Crippen LogP contribution >= 0.6 is 0 Å². The van der Waals surface area contributed by atoms with Gasteiger partial charge in [0.05, 0.1) is 23.2 Å². The van der Waals surface area contributed by atoms with Crippen molar-refractivity contribution in [3.8, 4) is 11.3 Å². The summed E-state index contributed by atoms with van der Waals surface area (Å²) in [6.07, 6.45) is 1.12. The number of hydrogen-bond acceptors (Lipinski definition) is 4. The average molecular weight is 335 g/mol. The minimum Gasteiger partial charge on any atom is -0.337 e. The highest BCUT2D eigenvalue weighted by Crippen LogP contribution is 2.23. The number of amides is 1. The van der Waals surface area contributed by atoms with Crippen LogP contribution in [0.5, 0.6) is 0 Å². The van der Waals surface area contributed by atoms with Crippen molar-refractivity contribution in [2.24, 2.45) is 0 Å². The Bertz CT molecular complexity index is 769. The molecule has 0 spiro atoms. The fourth-order valence-corrected chi connectivity index (χ4v) is 2.73. The first-order valence-electron chi connectivity index (χ1n) is 7.32. The van der Waals surface area contributed by atoms with Gasteiger partial charge in [0.25, 0.3) is 0 Å². The maximum atomic E-state index is 12.1. The second-order valence-corrected chi connectivity index (χ2v) is 7.89. The number of benzene rings is 1. The van der Waals surface area contributed by atoms with E-state index in [1.807, 2.05) is 43.3 Å². The van der Waals surface area contributed by atoms with Gasteiger partial charge >= 0.3 is 0 Å². The van der Waals surface area contributed by atoms with Gasteiger partial charge < -0.3 is 4.90 Å². The van der Waals surface area contributed by atoms with Crippen LogP contribution in [-0.4, -0.2) is 48.5 Å². The summed E-state index contributed by atoms with van der Waals surface area (Å²) in [7, 11) is -1.48. The average Bonchev–Trinajstić information content (AvgIpc) is 3.01. The zero-order valence-electron chi connectivity index (χ0n) is 13.5. The van der Waals surface area contributed by atoms with Crippen molar-refractivity contribution in [1.29, 1.82) is 0 Å². The van der Waals surface area contributed by atoms with E-state index >= 15 is 0 Å². The monoisotopic (exact) mass is 335 g/mol. The van der Waals surface area contributed by atoms with Crippen LogP contribution in [0.25, 0.3) is 11.3 Å². The van der Waals surface area contributed by atoms with Gasteiger partial charge in [0.15, 0.2) is 0 Å². The Morgan fingerprint density at radius 1 is 1.30 bits per heavy atom. The molecule has 2 aromatic rings. The molecule has 1 unspecified atom stereocenters. The molecule has 0 aliphatic rings. The molecule has 23 heavy (non-hydrogen) atoms. The van der Waals surface area contributed by atoms with Crippen LogP contribution in [0.3, 0.4) is 0 Å². The Morgan fingerprint density at radius 3 is 2.57 bits per heavy atom. The number of sulfone groups is 1. The number of aromatic amines is 1. The zero-order chi connectivity index (χ0) is 17.0. The van der Waals surface area contributed by atoms with Crippen molar-refractivity contribution in [1.82, 2.24) is 15.1 Å². The maximum Gasteiger partial charge on any atom is 0.223 e. The minimum atomic E-state index is -3.14. The molecule has 1 atom stereocenters. The van der Waals surface area contributed by atoms with Crippen molar-refractivity contribution in [3.05, 3.63) is 42.1 Å². The minimum absolute atomic E-state index is 0.0145. The molecule has 0 radical (unpaired) electrons. The van der Waals surface area contributed by atoms with Gasteiger partial charge in [-0.15, -0.1) is 0 Å². The molecule has 1 N–H and O–H groups in total. The molecule has 2 rings (SSSR count). The predicted octanol–water partition coefficient (Wildman–Crippen LogP) is 2.03. The lowest BCUT2D eigenvalue weighted by atomic mass is 10.1. The summed E-state index contributed by atoms with van der Waals surface area (Å²) in [6.45, 7) is 1.88. The first-order valence-corrected chi connectivity index (χ1v) is 9.38. The molecule has 0 bridgehead atoms. The van der Waals surface area contributed by atoms with E-state index in [-0.39, 0.29) is 24.1 Å². The molecule has 1 aromatic carbocycles. The molecule has 1 heterocycles. The van der Waals surface area contributed by atoms with Gasteiger partial charge in [-0.05, 0) is 13.0 Å². The van der Waals surface area contributed by atoms with Gasteiger partial charge in [0, 0.05) is 25.3 Å². The molecule has 0 aliphatic heterocycles. The molecule has 0 aliphatic carbocycles. The van der Waals surface area contributed by atoms with Gasteiger partial charge in [0.1, 0.15) is 9.84 Å². The summed E-state index contributed by atoms with van der Waals surface area (Å²) in [5.74, 6) is -0.347. The van der Waals surface area contributed by atoms with E-state index in [2.05, 4.69) is 10.2 Å². The maximum absolute atomic E-state index is 12.1. The van der Waals surface area contributed by atoms with Gasteiger partial charge in [-0.25, -0.2) is 8.42 Å². The van der Waals surface area contributed by atoms with Crippen LogP contribution in [0.15, 0.2) is 36.4 Å². The number of carbonyl (C=O) groups excluding carboxylic acids is 1. The van der Waals surface area contributed by atoms with Gasteiger partial charge in [-0.2, -0.15) is 5.10 Å². The third-order valence-electron chi connectivity index (χ3n) is 3.78. The van der Waals surface area contributed by atoms with E-state index in [1.165, 1.54) is 4.90 Å². The lowest BCUT2D eigenvalue weighted by molar-refractivity contribution is -0.131. The first kappa shape index (κ1) is 17.2. The van der Waals surface area contributed by atoms with E-state index in [0.717, 1.165) is 23.2 Å². The number of hydrogen-bond donors (Lipinski definition) is 1. The van der Waals surface area contributed by atoms with Gasteiger partial charge in [-0.1, -0.05) is 30.3 Å². The van der Waals surface area contributed by atoms with Crippen molar-refractivity contribution >= 4 is 15.7 Å². The van der Waals surface area contributed by atoms with E-state index in [4.69, 9.17) is 0 Å². The van der Waals surface area contributed by atoms with Gasteiger partial charge in [-0.3, -0.25) is 9.89 Å². The van der Waals surface area contributed by atoms with Crippen LogP contribution in [0, 0.1) is 0 Å². The molecular formula is C16H21N3O3S. The Hall–Kier alpha value is -2.15. The molecule has 1 aromatic heterocycles. The summed E-state index contributed by atoms with van der Waals surface area (Å²) in [5.41, 5.74) is 2.61. The van der Waals surface area contributed by atoms with E-state index in [0.29, 0.717) is 0 Å². The van der Waals surface area contributed by atoms with Crippen LogP contribution in [0.4, 0.5) is 0 Å². The van der Waals surface area contributed by atoms with Crippen LogP contribution in [-0.2, 0) is 14.6 Å². The molecule has 6 nitrogen and oxygen atoms in total. The summed E-state index contributed by atoms with van der Waals surface area (Å²) in [4.78, 5) is 13.6. The number of rotatable bonds is 6. The van der Waals surface area contributed by atoms with Crippen molar-refractivity contribution in [2.45, 2.75) is 19.4 Å². The van der Waals surface area contributed by atoms with Gasteiger partial charge in [0.2, 0.25) is 5.91 Å². The number of H-pyrrole nitrogens is 1. The lowest BCUT2D eigenvalue weighted by Gasteiger charge is -2.23. The molecule has 0 fully saturated rings. The fourth-order valence-electron chi connectivity index (χ4n) is 2.18. The molecule has 7 heteroatoms. The van der Waals surface area contributed by atoms with Crippen molar-refractivity contribution in [3.63, 3.8) is 0 Å². The largest absolute Gasteiger partial charge is 0.337 e. The van der Waals surface area contributed by atoms with E-state index in [1.54, 1.807) is 7.05 Å². The molecule has 0 saturated carbocycles. The van der Waals surface area contributed by atoms with Crippen LogP contribution in [0.1, 0.15) is 25.1 Å². The number of nitrogens with one attached hydrogen (secondary N) is 1. The Morgan fingerprint density at radius 2 is 1.96 bits per heavy atom. The second-order valence-electron chi connectivity index (χ2n) is 5.64. The Kier molecular flexibility index (Phi) is 5.20. The first-order chi connectivity index (χ1) is 10.8. The Balaban J connectivity index is 2.07. The fraction of sp³-hybridized carbons (Fsp3) is 0.375. The number of carbonyl (C=O) groups is 1. The molecule has 1 amide bonds. The molecule has 0 saturated heterocycles. The smallest absolute Gasteiger partial charge is 0.223 e. The summed E-state index contributed by atoms with van der Waals surface area (Å²) in [6, 6.07) is 11.4. The van der Waals surface area contributed by atoms with Crippen LogP contribution in [0.2, 0.25) is 0 Å². The third-order valence-corrected chi connectivity index (χ3v) is 4.72. The lowest BCUT2D eigenvalue weighted by Crippen LogP contribution is -2.31. The standard InChI is InChI=1S/C16H21N3O3S/c1-12(19(2)16(20)9-10-23(3,21)22)14-11-15(18-17-14)13-7-5-4-6-8-13/h4-8,11-12H,9-10H2,1-3H3,(H,17,18). The highest BCUT2D eigenvalue weighted by Gasteiger charge is 2.20. The number of nitrogens with zero attached hydrogens (tertiary/aromatic N) is 2. The zero-order valence-corrected chi connectivity index (χ0v) is 14.3. The summed E-state index contributed by atoms with van der Waals surface area (Å²) >= 11 is 0. The van der Waals surface area contributed by atoms with Crippen molar-refractivity contribution in [2.75, 3.05) is 19.1 Å². The van der Waals surface area contributed by atoms with Crippen molar-refractivity contribution < 1.29 is 13.2 Å². The second kappa shape index (κ2) is 6.95. The summed E-state index contributed by atoms with van der Waals surface area (Å²) in [5, 5.41) is 7.23. The Labute approximate surface area is 136 Å². The normalized spacial score (nSPS) is 12.8. The highest BCUT2D eigenvalue weighted by molar-refractivity contribution is 7.90. The number of aromatic nitrogens is 2. The molecular weight excluding hydrogens is 314 g/mol. The van der Waals surface area contributed by atoms with E-state index < -0.39 is 9.84 Å². The highest BCUT2D eigenvalue weighted by atomic mass is 32.2. The summed E-state index contributed by atoms with van der Waals surface area (Å²) < 4.78 is 22.3. The SMILES string of the molecule is CC(c1cc(-c2ccccc2)n[nH]1)N(C)C(=O)CCS(C)(=O)=O. The third kappa shape index (κ3) is 4.66. The topological polar surface area (TPSA) is 83.1 Å². The predicted molar refractivity (Wildman–Crippen MR) is 89.5 cm³/mol.